The van der Waals surface area contributed by atoms with E-state index in [4.69, 9.17) is 9.47 Å². The third-order valence-electron chi connectivity index (χ3n) is 14.5. The zero-order valence-corrected chi connectivity index (χ0v) is 38.6. The van der Waals surface area contributed by atoms with Crippen molar-refractivity contribution in [3.63, 3.8) is 0 Å². The standard InChI is InChI=1S/C67H44N2O2/c1-4-16-45(17-5-1)46-28-33-51(34-29-46)69(54-39-37-53(38-40-54)68(49-18-6-2-7-19-49)50-20-8-3-9-21-50)52-35-30-47(31-36-52)48-32-41-60-57(44-48)65-61(42-43-64-66(65)71-63-27-15-14-26-62(63)70-64)67(60)58-24-12-10-22-55(58)56-23-11-13-25-59(56)67/h1-44H. The molecule has 3 aliphatic rings. The van der Waals surface area contributed by atoms with Crippen LogP contribution in [0.2, 0.25) is 0 Å². The van der Waals surface area contributed by atoms with Crippen molar-refractivity contribution < 1.29 is 9.47 Å². The summed E-state index contributed by atoms with van der Waals surface area (Å²) < 4.78 is 13.5. The van der Waals surface area contributed by atoms with Gasteiger partial charge in [0.25, 0.3) is 0 Å². The molecule has 0 bridgehead atoms. The SMILES string of the molecule is c1ccc(-c2ccc(N(c3ccc(-c4ccc5c(c4)-c4c(ccc6c4Oc4ccccc4O6)C54c5ccccc5-c5ccccc54)cc3)c3ccc(N(c4ccccc4)c4ccccc4)cc3)cc2)cc1. The second kappa shape index (κ2) is 16.4. The molecule has 71 heavy (non-hydrogen) atoms. The lowest BCUT2D eigenvalue weighted by molar-refractivity contribution is 0.360. The molecule has 0 unspecified atom stereocenters. The predicted octanol–water partition coefficient (Wildman–Crippen LogP) is 18.2. The molecule has 0 atom stereocenters. The smallest absolute Gasteiger partial charge is 0.178 e. The lowest BCUT2D eigenvalue weighted by Gasteiger charge is -2.31. The zero-order valence-electron chi connectivity index (χ0n) is 38.6. The minimum Gasteiger partial charge on any atom is -0.449 e. The van der Waals surface area contributed by atoms with Gasteiger partial charge in [0.15, 0.2) is 23.0 Å². The van der Waals surface area contributed by atoms with Gasteiger partial charge in [0.2, 0.25) is 0 Å². The number of anilines is 6. The van der Waals surface area contributed by atoms with Gasteiger partial charge in [0.05, 0.1) is 5.41 Å². The minimum absolute atomic E-state index is 0.527. The van der Waals surface area contributed by atoms with Crippen LogP contribution in [0.1, 0.15) is 22.3 Å². The van der Waals surface area contributed by atoms with Crippen molar-refractivity contribution in [3.8, 4) is 67.5 Å². The Morgan fingerprint density at radius 3 is 1.18 bits per heavy atom. The highest BCUT2D eigenvalue weighted by atomic mass is 16.6. The van der Waals surface area contributed by atoms with Crippen LogP contribution in [0.25, 0.3) is 44.5 Å². The van der Waals surface area contributed by atoms with Crippen LogP contribution in [-0.4, -0.2) is 0 Å². The first-order valence-corrected chi connectivity index (χ1v) is 24.2. The maximum atomic E-state index is 6.89. The summed E-state index contributed by atoms with van der Waals surface area (Å²) in [6, 6.07) is 95.6. The number of para-hydroxylation sites is 4. The summed E-state index contributed by atoms with van der Waals surface area (Å²) in [6.45, 7) is 0. The molecule has 14 rings (SSSR count). The highest BCUT2D eigenvalue weighted by molar-refractivity contribution is 5.99. The van der Waals surface area contributed by atoms with Crippen LogP contribution in [0.5, 0.6) is 23.0 Å². The number of benzene rings is 11. The quantitative estimate of drug-likeness (QED) is 0.152. The zero-order chi connectivity index (χ0) is 46.9. The number of ether oxygens (including phenoxy) is 2. The lowest BCUT2D eigenvalue weighted by atomic mass is 9.70. The highest BCUT2D eigenvalue weighted by Crippen LogP contribution is 2.66. The van der Waals surface area contributed by atoms with Gasteiger partial charge in [-0.3, -0.25) is 0 Å². The monoisotopic (exact) mass is 908 g/mol. The molecule has 1 heterocycles. The van der Waals surface area contributed by atoms with Crippen LogP contribution < -0.4 is 19.3 Å². The first kappa shape index (κ1) is 40.7. The normalized spacial score (nSPS) is 12.8. The third-order valence-corrected chi connectivity index (χ3v) is 14.5. The molecule has 4 nitrogen and oxygen atoms in total. The minimum atomic E-state index is -0.527. The van der Waals surface area contributed by atoms with E-state index >= 15 is 0 Å². The molecule has 0 radical (unpaired) electrons. The van der Waals surface area contributed by atoms with Crippen molar-refractivity contribution in [2.75, 3.05) is 9.80 Å². The number of fused-ring (bicyclic) bond motifs is 13. The molecule has 1 aliphatic heterocycles. The van der Waals surface area contributed by atoms with Crippen LogP contribution in [0.3, 0.4) is 0 Å². The Kier molecular flexibility index (Phi) is 9.39. The molecular weight excluding hydrogens is 865 g/mol. The van der Waals surface area contributed by atoms with E-state index in [0.29, 0.717) is 5.75 Å². The van der Waals surface area contributed by atoms with E-state index < -0.39 is 5.41 Å². The van der Waals surface area contributed by atoms with E-state index in [-0.39, 0.29) is 0 Å². The molecule has 11 aromatic rings. The average Bonchev–Trinajstić information content (AvgIpc) is 3.92. The van der Waals surface area contributed by atoms with Crippen molar-refractivity contribution in [1.29, 1.82) is 0 Å². The van der Waals surface area contributed by atoms with Gasteiger partial charge in [-0.25, -0.2) is 0 Å². The molecule has 2 aliphatic carbocycles. The second-order valence-electron chi connectivity index (χ2n) is 18.4. The molecule has 0 N–H and O–H groups in total. The Balaban J connectivity index is 0.884. The highest BCUT2D eigenvalue weighted by Gasteiger charge is 2.53. The molecule has 0 amide bonds. The molecule has 11 aromatic carbocycles. The van der Waals surface area contributed by atoms with E-state index in [1.54, 1.807) is 0 Å². The van der Waals surface area contributed by atoms with Crippen LogP contribution in [0.15, 0.2) is 267 Å². The Bertz CT molecular complexity index is 3710. The molecule has 0 aromatic heterocycles. The average molecular weight is 909 g/mol. The molecule has 0 saturated carbocycles. The van der Waals surface area contributed by atoms with Gasteiger partial charge in [-0.15, -0.1) is 0 Å². The summed E-state index contributed by atoms with van der Waals surface area (Å²) in [7, 11) is 0. The lowest BCUT2D eigenvalue weighted by Crippen LogP contribution is -2.25. The molecule has 334 valence electrons. The maximum absolute atomic E-state index is 6.89. The van der Waals surface area contributed by atoms with Crippen molar-refractivity contribution >= 4 is 34.1 Å². The number of hydrogen-bond acceptors (Lipinski definition) is 4. The van der Waals surface area contributed by atoms with Crippen molar-refractivity contribution in [2.24, 2.45) is 0 Å². The summed E-state index contributed by atoms with van der Waals surface area (Å²) in [6.07, 6.45) is 0. The van der Waals surface area contributed by atoms with Crippen LogP contribution in [0.4, 0.5) is 34.1 Å². The van der Waals surface area contributed by atoms with E-state index in [2.05, 4.69) is 252 Å². The summed E-state index contributed by atoms with van der Waals surface area (Å²) in [5, 5.41) is 0. The van der Waals surface area contributed by atoms with Crippen LogP contribution >= 0.6 is 0 Å². The van der Waals surface area contributed by atoms with E-state index in [1.807, 2.05) is 24.3 Å². The fourth-order valence-electron chi connectivity index (χ4n) is 11.4. The summed E-state index contributed by atoms with van der Waals surface area (Å²) in [4.78, 5) is 4.64. The molecule has 0 fully saturated rings. The Hall–Kier alpha value is -9.38. The maximum Gasteiger partial charge on any atom is 0.178 e. The summed E-state index contributed by atoms with van der Waals surface area (Å²) >= 11 is 0. The molecule has 4 heteroatoms. The van der Waals surface area contributed by atoms with Crippen molar-refractivity contribution in [1.82, 2.24) is 0 Å². The third kappa shape index (κ3) is 6.46. The summed E-state index contributed by atoms with van der Waals surface area (Å²) in [5.41, 5.74) is 20.3. The molecule has 0 saturated heterocycles. The van der Waals surface area contributed by atoms with Gasteiger partial charge in [0.1, 0.15) is 0 Å². The van der Waals surface area contributed by atoms with E-state index in [1.165, 1.54) is 44.5 Å². The number of rotatable bonds is 8. The fraction of sp³-hybridized carbons (Fsp3) is 0.0149. The van der Waals surface area contributed by atoms with Gasteiger partial charge >= 0.3 is 0 Å². The number of nitrogens with zero attached hydrogens (tertiary/aromatic N) is 2. The van der Waals surface area contributed by atoms with Crippen molar-refractivity contribution in [3.05, 3.63) is 289 Å². The van der Waals surface area contributed by atoms with Crippen LogP contribution in [-0.2, 0) is 5.41 Å². The van der Waals surface area contributed by atoms with Gasteiger partial charge in [-0.05, 0) is 158 Å². The molecule has 1 spiro atoms. The first-order valence-electron chi connectivity index (χ1n) is 24.2. The molecular formula is C67H44N2O2. The first-order chi connectivity index (χ1) is 35.2. The van der Waals surface area contributed by atoms with Crippen molar-refractivity contribution in [2.45, 2.75) is 5.41 Å². The van der Waals surface area contributed by atoms with Crippen LogP contribution in [0, 0.1) is 0 Å². The largest absolute Gasteiger partial charge is 0.449 e. The van der Waals surface area contributed by atoms with Gasteiger partial charge in [0, 0.05) is 39.7 Å². The van der Waals surface area contributed by atoms with E-state index in [9.17, 15) is 0 Å². The number of hydrogen-bond donors (Lipinski definition) is 0. The predicted molar refractivity (Wildman–Crippen MR) is 290 cm³/mol. The topological polar surface area (TPSA) is 24.9 Å². The fourth-order valence-corrected chi connectivity index (χ4v) is 11.4. The Labute approximate surface area is 413 Å². The Morgan fingerprint density at radius 2 is 0.634 bits per heavy atom. The van der Waals surface area contributed by atoms with Gasteiger partial charge in [-0.1, -0.05) is 170 Å². The summed E-state index contributed by atoms with van der Waals surface area (Å²) in [5.74, 6) is 2.91. The van der Waals surface area contributed by atoms with E-state index in [0.717, 1.165) is 73.6 Å². The second-order valence-corrected chi connectivity index (χ2v) is 18.4. The Morgan fingerprint density at radius 1 is 0.254 bits per heavy atom. The van der Waals surface area contributed by atoms with Gasteiger partial charge in [-0.2, -0.15) is 0 Å². The van der Waals surface area contributed by atoms with Gasteiger partial charge < -0.3 is 19.3 Å².